The van der Waals surface area contributed by atoms with E-state index in [1.165, 1.54) is 59.9 Å². The van der Waals surface area contributed by atoms with Gasteiger partial charge in [0.25, 0.3) is 0 Å². The second kappa shape index (κ2) is 14.3. The van der Waals surface area contributed by atoms with Gasteiger partial charge in [-0.3, -0.25) is 0 Å². The Morgan fingerprint density at radius 3 is 1.60 bits per heavy atom. The Morgan fingerprint density at radius 1 is 0.667 bits per heavy atom. The molecule has 0 N–H and O–H groups in total. The first-order chi connectivity index (χ1) is 20.4. The summed E-state index contributed by atoms with van der Waals surface area (Å²) in [6, 6.07) is 25.0. The van der Waals surface area contributed by atoms with E-state index >= 15 is 0 Å². The maximum atomic E-state index is 2.64. The molecule has 1 saturated carbocycles. The molecule has 0 nitrogen and oxygen atoms in total. The molecule has 0 amide bonds. The van der Waals surface area contributed by atoms with Gasteiger partial charge in [0.2, 0.25) is 0 Å². The van der Waals surface area contributed by atoms with Crippen molar-refractivity contribution in [3.8, 4) is 11.1 Å². The summed E-state index contributed by atoms with van der Waals surface area (Å²) in [6.07, 6.45) is 16.7. The van der Waals surface area contributed by atoms with Crippen LogP contribution < -0.4 is 24.8 Å². The largest absolute Gasteiger partial charge is 1.00 e. The van der Waals surface area contributed by atoms with Gasteiger partial charge in [-0.25, -0.2) is 0 Å². The van der Waals surface area contributed by atoms with Crippen LogP contribution in [-0.4, -0.2) is 3.21 Å². The number of hydrogen-bond donors (Lipinski definition) is 0. The summed E-state index contributed by atoms with van der Waals surface area (Å²) in [5.74, 6) is 1.28. The van der Waals surface area contributed by atoms with Gasteiger partial charge in [-0.1, -0.05) is 0 Å². The van der Waals surface area contributed by atoms with Crippen molar-refractivity contribution in [3.05, 3.63) is 118 Å². The normalized spacial score (nSPS) is 17.1. The van der Waals surface area contributed by atoms with Gasteiger partial charge in [-0.2, -0.15) is 0 Å². The van der Waals surface area contributed by atoms with Crippen molar-refractivity contribution < 1.29 is 46.1 Å². The summed E-state index contributed by atoms with van der Waals surface area (Å²) < 4.78 is 3.02. The summed E-state index contributed by atoms with van der Waals surface area (Å²) in [5.41, 5.74) is 12.5. The van der Waals surface area contributed by atoms with E-state index in [1.807, 2.05) is 3.21 Å². The van der Waals surface area contributed by atoms with Crippen LogP contribution in [0.2, 0.25) is 3.63 Å². The summed E-state index contributed by atoms with van der Waals surface area (Å²) >= 11 is -2.53. The molecule has 3 aromatic rings. The second-order valence-electron chi connectivity index (χ2n) is 15.8. The Hall–Kier alpha value is -1.53. The molecule has 3 aliphatic rings. The third kappa shape index (κ3) is 7.32. The zero-order chi connectivity index (χ0) is 30.5. The molecule has 0 heterocycles. The first-order valence-electron chi connectivity index (χ1n) is 16.9. The third-order valence-corrected chi connectivity index (χ3v) is 19.4. The van der Waals surface area contributed by atoms with Crippen molar-refractivity contribution in [3.63, 3.8) is 0 Å². The van der Waals surface area contributed by atoms with Gasteiger partial charge in [0.1, 0.15) is 0 Å². The zero-order valence-electron chi connectivity index (χ0n) is 28.7. The van der Waals surface area contributed by atoms with Crippen molar-refractivity contribution in [2.45, 2.75) is 111 Å². The second-order valence-corrected chi connectivity index (χ2v) is 22.4. The van der Waals surface area contributed by atoms with Crippen LogP contribution in [0.5, 0.6) is 0 Å². The van der Waals surface area contributed by atoms with E-state index in [2.05, 4.69) is 140 Å². The molecule has 45 heavy (non-hydrogen) atoms. The SMILES string of the molecule is CC(C)c1ccc([C](C2CCCCC2)=[Zr+2]([CH]2C=CC=C2)[CH]2c3cc(C(C)(C)C)ccc3-c3ccc(C(C)(C)C)cc32)cc1.[Cl-].[Cl-]. The Labute approximate surface area is 294 Å². The van der Waals surface area contributed by atoms with Crippen LogP contribution in [-0.2, 0) is 32.1 Å². The van der Waals surface area contributed by atoms with Crippen molar-refractivity contribution in [1.82, 2.24) is 0 Å². The van der Waals surface area contributed by atoms with Gasteiger partial charge in [0.05, 0.1) is 0 Å². The zero-order valence-corrected chi connectivity index (χ0v) is 32.7. The number of allylic oxidation sites excluding steroid dienone is 4. The first-order valence-corrected chi connectivity index (χ1v) is 21.0. The standard InChI is InChI=1S/C21H25.C16H22.C5H5.2ClH.Zr/c1-20(2,3)16-7-9-18-14(12-16)11-15-13-17(21(4,5)6)8-10-19(15)18;1-13(2)16-10-8-15(9-11-16)12-14-6-4-3-5-7-14;1-2-4-5-3-1;;;/h7-13H,1-6H3;8-11,13-14H,3-7H2,1-2H3;1-5H;2*1H;/q;;;;;+2/p-2. The number of benzene rings is 3. The maximum Gasteiger partial charge on any atom is -1.00 e. The Balaban J connectivity index is 0.00000230. The molecule has 0 saturated heterocycles. The molecule has 3 aromatic carbocycles. The summed E-state index contributed by atoms with van der Waals surface area (Å²) in [7, 11) is 0. The van der Waals surface area contributed by atoms with Gasteiger partial charge in [-0.05, 0) is 0 Å². The number of fused-ring (bicyclic) bond motifs is 3. The molecular weight excluding hydrogens is 667 g/mol. The minimum Gasteiger partial charge on any atom is -1.00 e. The van der Waals surface area contributed by atoms with Gasteiger partial charge in [0, 0.05) is 0 Å². The predicted molar refractivity (Wildman–Crippen MR) is 184 cm³/mol. The molecule has 1 fully saturated rings. The number of halogens is 2. The number of rotatable bonds is 5. The van der Waals surface area contributed by atoms with E-state index in [0.717, 1.165) is 5.92 Å². The molecule has 3 aliphatic carbocycles. The minimum absolute atomic E-state index is 0. The van der Waals surface area contributed by atoms with E-state index in [9.17, 15) is 0 Å². The molecule has 6 rings (SSSR count). The summed E-state index contributed by atoms with van der Waals surface area (Å²) in [6.45, 7) is 18.9. The molecule has 238 valence electrons. The van der Waals surface area contributed by atoms with E-state index in [-0.39, 0.29) is 35.6 Å². The first kappa shape index (κ1) is 36.3. The van der Waals surface area contributed by atoms with Gasteiger partial charge in [-0.15, -0.1) is 0 Å². The predicted octanol–water partition coefficient (Wildman–Crippen LogP) is 5.82. The fourth-order valence-corrected chi connectivity index (χ4v) is 17.9. The topological polar surface area (TPSA) is 0 Å². The van der Waals surface area contributed by atoms with Crippen LogP contribution in [0.1, 0.15) is 130 Å². The van der Waals surface area contributed by atoms with Crippen LogP contribution in [0.25, 0.3) is 11.1 Å². The molecule has 0 aliphatic heterocycles. The third-order valence-electron chi connectivity index (χ3n) is 10.4. The van der Waals surface area contributed by atoms with Crippen molar-refractivity contribution in [1.29, 1.82) is 0 Å². The van der Waals surface area contributed by atoms with Crippen LogP contribution in [0.4, 0.5) is 0 Å². The minimum atomic E-state index is -2.53. The molecule has 0 atom stereocenters. The molecule has 0 aromatic heterocycles. The summed E-state index contributed by atoms with van der Waals surface area (Å²) in [5, 5.41) is 0. The van der Waals surface area contributed by atoms with Gasteiger partial charge >= 0.3 is 271 Å². The molecule has 0 bridgehead atoms. The molecule has 0 unspecified atom stereocenters. The van der Waals surface area contributed by atoms with Crippen LogP contribution in [0.15, 0.2) is 85.0 Å². The quantitative estimate of drug-likeness (QED) is 0.313. The monoisotopic (exact) mass is 716 g/mol. The summed E-state index contributed by atoms with van der Waals surface area (Å²) in [4.78, 5) is 0. The molecule has 3 heteroatoms. The van der Waals surface area contributed by atoms with Crippen molar-refractivity contribution in [2.24, 2.45) is 5.92 Å². The fourth-order valence-electron chi connectivity index (χ4n) is 7.77. The van der Waals surface area contributed by atoms with Crippen LogP contribution >= 0.6 is 0 Å². The van der Waals surface area contributed by atoms with Crippen molar-refractivity contribution >= 4 is 3.21 Å². The van der Waals surface area contributed by atoms with Crippen molar-refractivity contribution in [2.75, 3.05) is 0 Å². The van der Waals surface area contributed by atoms with E-state index in [0.29, 0.717) is 13.2 Å². The van der Waals surface area contributed by atoms with E-state index in [4.69, 9.17) is 0 Å². The number of hydrogen-bond acceptors (Lipinski definition) is 0. The van der Waals surface area contributed by atoms with Crippen LogP contribution in [0.3, 0.4) is 0 Å². The maximum absolute atomic E-state index is 2.64. The van der Waals surface area contributed by atoms with E-state index in [1.54, 1.807) is 16.7 Å². The van der Waals surface area contributed by atoms with Gasteiger partial charge < -0.3 is 24.8 Å². The smallest absolute Gasteiger partial charge is 1.00 e. The molecule has 0 radical (unpaired) electrons. The Kier molecular flexibility index (Phi) is 11.5. The molecule has 0 spiro atoms. The van der Waals surface area contributed by atoms with E-state index < -0.39 is 21.3 Å². The Bertz CT molecular complexity index is 1510. The molecular formula is C42H52Cl2Zr. The van der Waals surface area contributed by atoms with Gasteiger partial charge in [0.15, 0.2) is 0 Å². The Morgan fingerprint density at radius 2 is 1.16 bits per heavy atom. The van der Waals surface area contributed by atoms with Crippen LogP contribution in [0, 0.1) is 5.92 Å². The average molecular weight is 719 g/mol. The average Bonchev–Trinajstić information content (AvgIpc) is 3.62. The fraction of sp³-hybridized carbons (Fsp3) is 0.452.